The number of aryl methyl sites for hydroxylation is 2. The van der Waals surface area contributed by atoms with Crippen LogP contribution in [0.25, 0.3) is 0 Å². The van der Waals surface area contributed by atoms with Gasteiger partial charge in [0.1, 0.15) is 5.60 Å². The summed E-state index contributed by atoms with van der Waals surface area (Å²) in [6.07, 6.45) is 3.95. The fraction of sp³-hybridized carbons (Fsp3) is 0.786. The van der Waals surface area contributed by atoms with Gasteiger partial charge >= 0.3 is 0 Å². The van der Waals surface area contributed by atoms with E-state index in [-0.39, 0.29) is 5.60 Å². The number of imidazole rings is 1. The molecule has 1 aliphatic rings. The van der Waals surface area contributed by atoms with Gasteiger partial charge in [0, 0.05) is 53.1 Å². The van der Waals surface area contributed by atoms with E-state index in [1.165, 1.54) is 0 Å². The van der Waals surface area contributed by atoms with Crippen LogP contribution in [0.5, 0.6) is 0 Å². The highest BCUT2D eigenvalue weighted by Gasteiger charge is 2.35. The number of ether oxygens (including phenoxy) is 3. The maximum Gasteiger partial charge on any atom is 0.203 e. The Morgan fingerprint density at radius 2 is 2.35 bits per heavy atom. The highest BCUT2D eigenvalue weighted by atomic mass is 16.5. The second kappa shape index (κ2) is 7.06. The van der Waals surface area contributed by atoms with Crippen molar-refractivity contribution in [1.29, 1.82) is 0 Å². The Labute approximate surface area is 120 Å². The lowest BCUT2D eigenvalue weighted by Gasteiger charge is -2.26. The van der Waals surface area contributed by atoms with Gasteiger partial charge in [-0.15, -0.1) is 0 Å². The quantitative estimate of drug-likeness (QED) is 0.732. The zero-order valence-electron chi connectivity index (χ0n) is 12.6. The van der Waals surface area contributed by atoms with Crippen LogP contribution in [-0.4, -0.2) is 55.7 Å². The largest absolute Gasteiger partial charge is 0.385 e. The number of aromatic nitrogens is 2. The van der Waals surface area contributed by atoms with Crippen molar-refractivity contribution in [3.63, 3.8) is 0 Å². The number of hydrogen-bond donors (Lipinski definition) is 1. The van der Waals surface area contributed by atoms with Gasteiger partial charge in [-0.05, 0) is 13.3 Å². The molecule has 0 spiro atoms. The van der Waals surface area contributed by atoms with Crippen LogP contribution in [0.2, 0.25) is 0 Å². The first-order valence-corrected chi connectivity index (χ1v) is 7.08. The summed E-state index contributed by atoms with van der Waals surface area (Å²) in [5, 5.41) is 3.40. The van der Waals surface area contributed by atoms with Gasteiger partial charge in [0.2, 0.25) is 5.95 Å². The van der Waals surface area contributed by atoms with Crippen molar-refractivity contribution in [1.82, 2.24) is 9.55 Å². The van der Waals surface area contributed by atoms with E-state index in [1.54, 1.807) is 14.2 Å². The smallest absolute Gasteiger partial charge is 0.203 e. The standard InChI is InChI=1S/C14H25N3O3/c1-12-9-17(6-4-7-18-2)13(16-12)15-10-14(19-3)5-8-20-11-14/h9H,4-8,10-11H2,1-3H3,(H,15,16). The molecule has 2 heterocycles. The van der Waals surface area contributed by atoms with Crippen LogP contribution in [0.1, 0.15) is 18.5 Å². The van der Waals surface area contributed by atoms with E-state index in [0.29, 0.717) is 13.2 Å². The third kappa shape index (κ3) is 3.71. The van der Waals surface area contributed by atoms with Crippen molar-refractivity contribution in [3.8, 4) is 0 Å². The Morgan fingerprint density at radius 1 is 1.50 bits per heavy atom. The molecule has 1 N–H and O–H groups in total. The van der Waals surface area contributed by atoms with Gasteiger partial charge in [-0.25, -0.2) is 4.98 Å². The second-order valence-electron chi connectivity index (χ2n) is 5.29. The fourth-order valence-corrected chi connectivity index (χ4v) is 2.44. The summed E-state index contributed by atoms with van der Waals surface area (Å²) in [5.41, 5.74) is 0.788. The first-order chi connectivity index (χ1) is 9.69. The van der Waals surface area contributed by atoms with Crippen molar-refractivity contribution in [2.24, 2.45) is 0 Å². The molecular formula is C14H25N3O3. The molecule has 1 saturated heterocycles. The highest BCUT2D eigenvalue weighted by Crippen LogP contribution is 2.23. The van der Waals surface area contributed by atoms with Crippen LogP contribution in [0, 0.1) is 6.92 Å². The molecule has 0 aromatic carbocycles. The monoisotopic (exact) mass is 283 g/mol. The number of anilines is 1. The third-order valence-electron chi connectivity index (χ3n) is 3.71. The Hall–Kier alpha value is -1.11. The van der Waals surface area contributed by atoms with E-state index in [0.717, 1.165) is 44.2 Å². The summed E-state index contributed by atoms with van der Waals surface area (Å²) < 4.78 is 18.3. The molecule has 0 bridgehead atoms. The molecule has 1 atom stereocenters. The van der Waals surface area contributed by atoms with E-state index >= 15 is 0 Å². The predicted molar refractivity (Wildman–Crippen MR) is 77.1 cm³/mol. The SMILES string of the molecule is COCCCn1cc(C)nc1NCC1(OC)CCOC1. The number of methoxy groups -OCH3 is 2. The van der Waals surface area contributed by atoms with Crippen molar-refractivity contribution in [3.05, 3.63) is 11.9 Å². The predicted octanol–water partition coefficient (Wildman–Crippen LogP) is 1.45. The first-order valence-electron chi connectivity index (χ1n) is 7.08. The number of hydrogen-bond acceptors (Lipinski definition) is 5. The number of nitrogens with zero attached hydrogens (tertiary/aromatic N) is 2. The van der Waals surface area contributed by atoms with Gasteiger partial charge in [-0.2, -0.15) is 0 Å². The van der Waals surface area contributed by atoms with Gasteiger partial charge in [-0.1, -0.05) is 0 Å². The molecule has 6 heteroatoms. The van der Waals surface area contributed by atoms with Crippen molar-refractivity contribution in [2.45, 2.75) is 31.9 Å². The van der Waals surface area contributed by atoms with Crippen LogP contribution < -0.4 is 5.32 Å². The fourth-order valence-electron chi connectivity index (χ4n) is 2.44. The van der Waals surface area contributed by atoms with Crippen molar-refractivity contribution in [2.75, 3.05) is 45.9 Å². The Bertz CT molecular complexity index is 414. The minimum Gasteiger partial charge on any atom is -0.385 e. The molecule has 1 aromatic heterocycles. The maximum absolute atomic E-state index is 5.62. The molecule has 20 heavy (non-hydrogen) atoms. The summed E-state index contributed by atoms with van der Waals surface area (Å²) in [6, 6.07) is 0. The molecule has 0 radical (unpaired) electrons. The first kappa shape index (κ1) is 15.3. The molecule has 0 amide bonds. The lowest BCUT2D eigenvalue weighted by Crippen LogP contribution is -2.40. The maximum atomic E-state index is 5.62. The van der Waals surface area contributed by atoms with Gasteiger partial charge in [0.25, 0.3) is 0 Å². The number of rotatable bonds is 8. The average molecular weight is 283 g/mol. The van der Waals surface area contributed by atoms with E-state index in [2.05, 4.69) is 21.1 Å². The molecule has 0 aliphatic carbocycles. The highest BCUT2D eigenvalue weighted by molar-refractivity contribution is 5.29. The summed E-state index contributed by atoms with van der Waals surface area (Å²) in [7, 11) is 3.47. The average Bonchev–Trinajstić information content (AvgIpc) is 3.04. The van der Waals surface area contributed by atoms with Crippen LogP contribution in [0.3, 0.4) is 0 Å². The zero-order chi connectivity index (χ0) is 14.4. The minimum atomic E-state index is -0.225. The molecule has 0 saturated carbocycles. The Kier molecular flexibility index (Phi) is 5.39. The molecule has 1 aliphatic heterocycles. The number of nitrogens with one attached hydrogen (secondary N) is 1. The van der Waals surface area contributed by atoms with E-state index in [4.69, 9.17) is 14.2 Å². The van der Waals surface area contributed by atoms with Crippen molar-refractivity contribution >= 4 is 5.95 Å². The summed E-state index contributed by atoms with van der Waals surface area (Å²) in [4.78, 5) is 4.53. The topological polar surface area (TPSA) is 57.5 Å². The normalized spacial score (nSPS) is 22.4. The second-order valence-corrected chi connectivity index (χ2v) is 5.29. The molecule has 1 aromatic rings. The molecular weight excluding hydrogens is 258 g/mol. The van der Waals surface area contributed by atoms with E-state index < -0.39 is 0 Å². The summed E-state index contributed by atoms with van der Waals surface area (Å²) in [5.74, 6) is 0.891. The molecule has 6 nitrogen and oxygen atoms in total. The lowest BCUT2D eigenvalue weighted by molar-refractivity contribution is -0.00635. The summed E-state index contributed by atoms with van der Waals surface area (Å²) in [6.45, 7) is 5.77. The van der Waals surface area contributed by atoms with Gasteiger partial charge in [0.05, 0.1) is 12.3 Å². The van der Waals surface area contributed by atoms with Crippen LogP contribution in [-0.2, 0) is 20.8 Å². The van der Waals surface area contributed by atoms with Gasteiger partial charge in [-0.3, -0.25) is 0 Å². The third-order valence-corrected chi connectivity index (χ3v) is 3.71. The van der Waals surface area contributed by atoms with E-state index in [1.807, 2.05) is 6.92 Å². The summed E-state index contributed by atoms with van der Waals surface area (Å²) >= 11 is 0. The lowest BCUT2D eigenvalue weighted by atomic mass is 10.0. The van der Waals surface area contributed by atoms with Crippen LogP contribution >= 0.6 is 0 Å². The molecule has 1 fully saturated rings. The molecule has 114 valence electrons. The molecule has 1 unspecified atom stereocenters. The van der Waals surface area contributed by atoms with Crippen LogP contribution in [0.15, 0.2) is 6.20 Å². The Morgan fingerprint density at radius 3 is 3.00 bits per heavy atom. The molecule has 2 rings (SSSR count). The van der Waals surface area contributed by atoms with Crippen molar-refractivity contribution < 1.29 is 14.2 Å². The minimum absolute atomic E-state index is 0.225. The van der Waals surface area contributed by atoms with E-state index in [9.17, 15) is 0 Å². The zero-order valence-corrected chi connectivity index (χ0v) is 12.6. The Balaban J connectivity index is 1.94. The van der Waals surface area contributed by atoms with Gasteiger partial charge in [0.15, 0.2) is 0 Å². The van der Waals surface area contributed by atoms with Crippen LogP contribution in [0.4, 0.5) is 5.95 Å². The van der Waals surface area contributed by atoms with Gasteiger partial charge < -0.3 is 24.1 Å².